The number of nitrogens with one attached hydrogen (secondary N) is 2. The third-order valence-corrected chi connectivity index (χ3v) is 5.22. The van der Waals surface area contributed by atoms with E-state index in [-0.39, 0.29) is 17.9 Å². The minimum atomic E-state index is -0.119. The summed E-state index contributed by atoms with van der Waals surface area (Å²) >= 11 is 1.71. The number of carbonyl (C=O) groups excluding carboxylic acids is 2. The maximum Gasteiger partial charge on any atom is 0.238 e. The largest absolute Gasteiger partial charge is 0.354 e. The summed E-state index contributed by atoms with van der Waals surface area (Å²) in [5, 5.41) is 5.97. The Hall–Kier alpha value is -1.80. The molecule has 2 fully saturated rings. The fraction of sp³-hybridized carbons (Fsp3) is 0.562. The Kier molecular flexibility index (Phi) is 5.92. The predicted molar refractivity (Wildman–Crippen MR) is 94.9 cm³/mol. The van der Waals surface area contributed by atoms with E-state index in [9.17, 15) is 9.59 Å². The van der Waals surface area contributed by atoms with Crippen molar-refractivity contribution in [2.24, 2.45) is 0 Å². The molecule has 24 heavy (non-hydrogen) atoms. The van der Waals surface area contributed by atoms with Crippen LogP contribution in [0.1, 0.15) is 6.42 Å². The number of hydrogen-bond donors (Lipinski definition) is 2. The number of aromatic nitrogens is 1. The molecule has 2 saturated heterocycles. The predicted octanol–water partition coefficient (Wildman–Crippen LogP) is -0.101. The van der Waals surface area contributed by atoms with E-state index in [1.54, 1.807) is 18.0 Å². The molecule has 130 valence electrons. The van der Waals surface area contributed by atoms with Gasteiger partial charge in [-0.1, -0.05) is 6.07 Å². The molecule has 2 N–H and O–H groups in total. The summed E-state index contributed by atoms with van der Waals surface area (Å²) in [6.45, 7) is 3.38. The summed E-state index contributed by atoms with van der Waals surface area (Å²) in [5.74, 6) is 2.67. The van der Waals surface area contributed by atoms with Gasteiger partial charge in [0.05, 0.1) is 6.04 Å². The first-order valence-corrected chi connectivity index (χ1v) is 9.42. The highest BCUT2D eigenvalue weighted by molar-refractivity contribution is 7.99. The number of rotatable bonds is 5. The lowest BCUT2D eigenvalue weighted by atomic mass is 10.2. The highest BCUT2D eigenvalue weighted by Crippen LogP contribution is 2.13. The highest BCUT2D eigenvalue weighted by Gasteiger charge is 2.24. The average Bonchev–Trinajstić information content (AvgIpc) is 3.17. The molecule has 1 aromatic heterocycles. The van der Waals surface area contributed by atoms with Gasteiger partial charge in [0.2, 0.25) is 11.8 Å². The quantitative estimate of drug-likeness (QED) is 0.773. The monoisotopic (exact) mass is 349 g/mol. The molecule has 2 amide bonds. The van der Waals surface area contributed by atoms with E-state index < -0.39 is 0 Å². The van der Waals surface area contributed by atoms with Gasteiger partial charge in [0.25, 0.3) is 0 Å². The molecule has 0 aliphatic carbocycles. The first-order chi connectivity index (χ1) is 11.7. The van der Waals surface area contributed by atoms with Gasteiger partial charge in [-0.3, -0.25) is 14.9 Å². The van der Waals surface area contributed by atoms with Gasteiger partial charge in [0, 0.05) is 57.0 Å². The van der Waals surface area contributed by atoms with Crippen molar-refractivity contribution >= 4 is 29.4 Å². The summed E-state index contributed by atoms with van der Waals surface area (Å²) in [6.07, 6.45) is 2.14. The van der Waals surface area contributed by atoms with Crippen LogP contribution in [0.2, 0.25) is 0 Å². The smallest absolute Gasteiger partial charge is 0.238 e. The van der Waals surface area contributed by atoms with Gasteiger partial charge in [-0.2, -0.15) is 0 Å². The topological polar surface area (TPSA) is 77.6 Å². The first kappa shape index (κ1) is 17.0. The van der Waals surface area contributed by atoms with Crippen molar-refractivity contribution in [1.82, 2.24) is 20.5 Å². The molecule has 0 saturated carbocycles. The van der Waals surface area contributed by atoms with E-state index in [0.717, 1.165) is 30.5 Å². The second-order valence-corrected chi connectivity index (χ2v) is 6.90. The molecule has 3 heterocycles. The molecule has 0 aromatic carbocycles. The van der Waals surface area contributed by atoms with E-state index in [4.69, 9.17) is 0 Å². The number of amides is 2. The average molecular weight is 349 g/mol. The van der Waals surface area contributed by atoms with Crippen LogP contribution < -0.4 is 15.5 Å². The molecule has 1 unspecified atom stereocenters. The Morgan fingerprint density at radius 3 is 2.79 bits per heavy atom. The standard InChI is InChI=1S/C16H23N5O2S/c22-15(4-6-18-16(23)13-11-24-12-19-13)21-9-7-20(8-10-21)14-3-1-2-5-17-14/h1-3,5,13,19H,4,6-12H2,(H,18,23). The molecule has 8 heteroatoms. The maximum absolute atomic E-state index is 12.3. The minimum absolute atomic E-state index is 0.00669. The van der Waals surface area contributed by atoms with Crippen molar-refractivity contribution in [2.75, 3.05) is 49.3 Å². The number of anilines is 1. The third kappa shape index (κ3) is 4.39. The number of thioether (sulfide) groups is 1. The van der Waals surface area contributed by atoms with E-state index in [1.807, 2.05) is 23.1 Å². The normalized spacial score (nSPS) is 20.9. The summed E-state index contributed by atoms with van der Waals surface area (Å²) in [6, 6.07) is 5.74. The van der Waals surface area contributed by atoms with E-state index >= 15 is 0 Å². The van der Waals surface area contributed by atoms with E-state index in [1.165, 1.54) is 0 Å². The van der Waals surface area contributed by atoms with Gasteiger partial charge < -0.3 is 15.1 Å². The number of piperazine rings is 1. The second kappa shape index (κ2) is 8.34. The Labute approximate surface area is 146 Å². The molecular formula is C16H23N5O2S. The van der Waals surface area contributed by atoms with Gasteiger partial charge in [0.1, 0.15) is 5.82 Å². The van der Waals surface area contributed by atoms with Crippen molar-refractivity contribution in [3.63, 3.8) is 0 Å². The fourth-order valence-electron chi connectivity index (χ4n) is 2.86. The molecule has 0 spiro atoms. The van der Waals surface area contributed by atoms with Crippen LogP contribution in [0.3, 0.4) is 0 Å². The zero-order valence-corrected chi connectivity index (χ0v) is 14.4. The van der Waals surface area contributed by atoms with Gasteiger partial charge in [-0.05, 0) is 12.1 Å². The van der Waals surface area contributed by atoms with Gasteiger partial charge in [0.15, 0.2) is 0 Å². The van der Waals surface area contributed by atoms with Crippen LogP contribution in [-0.2, 0) is 9.59 Å². The van der Waals surface area contributed by atoms with Crippen LogP contribution in [-0.4, -0.2) is 72.1 Å². The van der Waals surface area contributed by atoms with Crippen LogP contribution in [0.15, 0.2) is 24.4 Å². The maximum atomic E-state index is 12.3. The molecule has 0 bridgehead atoms. The van der Waals surface area contributed by atoms with Crippen molar-refractivity contribution < 1.29 is 9.59 Å². The van der Waals surface area contributed by atoms with Crippen molar-refractivity contribution in [2.45, 2.75) is 12.5 Å². The van der Waals surface area contributed by atoms with Crippen molar-refractivity contribution in [1.29, 1.82) is 0 Å². The Bertz CT molecular complexity index is 557. The van der Waals surface area contributed by atoms with Crippen molar-refractivity contribution in [3.8, 4) is 0 Å². The fourth-order valence-corrected chi connectivity index (χ4v) is 3.81. The molecule has 7 nitrogen and oxygen atoms in total. The Morgan fingerprint density at radius 2 is 2.12 bits per heavy atom. The van der Waals surface area contributed by atoms with Crippen LogP contribution >= 0.6 is 11.8 Å². The lowest BCUT2D eigenvalue weighted by Crippen LogP contribution is -2.50. The van der Waals surface area contributed by atoms with Crippen LogP contribution in [0.4, 0.5) is 5.82 Å². The van der Waals surface area contributed by atoms with Gasteiger partial charge in [-0.25, -0.2) is 4.98 Å². The van der Waals surface area contributed by atoms with Gasteiger partial charge in [-0.15, -0.1) is 11.8 Å². The Balaban J connectivity index is 1.37. The molecular weight excluding hydrogens is 326 g/mol. The summed E-state index contributed by atoms with van der Waals surface area (Å²) in [5.41, 5.74) is 0. The zero-order chi connectivity index (χ0) is 16.8. The molecule has 2 aliphatic heterocycles. The zero-order valence-electron chi connectivity index (χ0n) is 13.6. The molecule has 1 aromatic rings. The number of carbonyl (C=O) groups is 2. The third-order valence-electron chi connectivity index (χ3n) is 4.28. The molecule has 2 aliphatic rings. The summed E-state index contributed by atoms with van der Waals surface area (Å²) < 4.78 is 0. The minimum Gasteiger partial charge on any atom is -0.354 e. The van der Waals surface area contributed by atoms with Crippen LogP contribution in [0.25, 0.3) is 0 Å². The lowest BCUT2D eigenvalue weighted by molar-refractivity contribution is -0.131. The molecule has 3 rings (SSSR count). The Morgan fingerprint density at radius 1 is 1.29 bits per heavy atom. The highest BCUT2D eigenvalue weighted by atomic mass is 32.2. The number of nitrogens with zero attached hydrogens (tertiary/aromatic N) is 3. The second-order valence-electron chi connectivity index (χ2n) is 5.87. The number of hydrogen-bond acceptors (Lipinski definition) is 6. The van der Waals surface area contributed by atoms with E-state index in [0.29, 0.717) is 26.1 Å². The lowest BCUT2D eigenvalue weighted by Gasteiger charge is -2.35. The van der Waals surface area contributed by atoms with E-state index in [2.05, 4.69) is 20.5 Å². The van der Waals surface area contributed by atoms with Crippen molar-refractivity contribution in [3.05, 3.63) is 24.4 Å². The number of pyridine rings is 1. The summed E-state index contributed by atoms with van der Waals surface area (Å²) in [4.78, 5) is 32.5. The molecule has 0 radical (unpaired) electrons. The SMILES string of the molecule is O=C(NCCC(=O)N1CCN(c2ccccn2)CC1)C1CSCN1. The summed E-state index contributed by atoms with van der Waals surface area (Å²) in [7, 11) is 0. The van der Waals surface area contributed by atoms with Gasteiger partial charge >= 0.3 is 0 Å². The first-order valence-electron chi connectivity index (χ1n) is 8.26. The van der Waals surface area contributed by atoms with Crippen LogP contribution in [0, 0.1) is 0 Å². The molecule has 1 atom stereocenters. The van der Waals surface area contributed by atoms with Crippen LogP contribution in [0.5, 0.6) is 0 Å².